The van der Waals surface area contributed by atoms with E-state index in [1.165, 1.54) is 0 Å². The average molecular weight is 356 g/mol. The second-order valence-corrected chi connectivity index (χ2v) is 6.34. The van der Waals surface area contributed by atoms with E-state index in [-0.39, 0.29) is 6.54 Å². The van der Waals surface area contributed by atoms with Gasteiger partial charge in [-0.25, -0.2) is 4.79 Å². The number of carbonyl (C=O) groups is 2. The quantitative estimate of drug-likeness (QED) is 0.676. The zero-order valence-electron chi connectivity index (χ0n) is 14.1. The predicted octanol–water partition coefficient (Wildman–Crippen LogP) is 0.718. The smallest absolute Gasteiger partial charge is 0.328 e. The summed E-state index contributed by atoms with van der Waals surface area (Å²) >= 11 is 0. The number of amides is 1. The summed E-state index contributed by atoms with van der Waals surface area (Å²) in [7, 11) is 0. The van der Waals surface area contributed by atoms with E-state index < -0.39 is 17.5 Å². The Labute approximate surface area is 150 Å². The lowest BCUT2D eigenvalue weighted by Gasteiger charge is -2.40. The lowest BCUT2D eigenvalue weighted by Crippen LogP contribution is -2.54. The summed E-state index contributed by atoms with van der Waals surface area (Å²) in [4.78, 5) is 32.8. The van der Waals surface area contributed by atoms with Gasteiger partial charge in [0.25, 0.3) is 0 Å². The van der Waals surface area contributed by atoms with E-state index in [2.05, 4.69) is 15.3 Å². The number of fused-ring (bicyclic) bond motifs is 1. The maximum Gasteiger partial charge on any atom is 0.328 e. The summed E-state index contributed by atoms with van der Waals surface area (Å²) in [6.45, 7) is 1.15. The highest BCUT2D eigenvalue weighted by atomic mass is 16.4. The molecule has 8 nitrogen and oxygen atoms in total. The number of rotatable bonds is 5. The SMILES string of the molecule is O=C(O)C=CC(=O)NCC1(O)CCCN(c2ccnc3cccnc23)C1. The van der Waals surface area contributed by atoms with Gasteiger partial charge in [0, 0.05) is 44.2 Å². The molecule has 1 atom stereocenters. The van der Waals surface area contributed by atoms with E-state index in [9.17, 15) is 14.7 Å². The normalized spacial score (nSPS) is 20.4. The number of piperidine rings is 1. The van der Waals surface area contributed by atoms with E-state index in [1.54, 1.807) is 12.4 Å². The van der Waals surface area contributed by atoms with Gasteiger partial charge in [-0.3, -0.25) is 14.8 Å². The molecular weight excluding hydrogens is 336 g/mol. The van der Waals surface area contributed by atoms with E-state index in [1.807, 2.05) is 23.1 Å². The number of nitrogens with one attached hydrogen (secondary N) is 1. The molecule has 1 saturated heterocycles. The fourth-order valence-corrected chi connectivity index (χ4v) is 3.14. The van der Waals surface area contributed by atoms with Gasteiger partial charge in [0.1, 0.15) is 5.52 Å². The third-order valence-corrected chi connectivity index (χ3v) is 4.34. The second-order valence-electron chi connectivity index (χ2n) is 6.34. The van der Waals surface area contributed by atoms with Crippen LogP contribution in [0, 0.1) is 0 Å². The molecule has 0 radical (unpaired) electrons. The first kappa shape index (κ1) is 17.8. The molecule has 2 aromatic rings. The Balaban J connectivity index is 1.72. The molecule has 26 heavy (non-hydrogen) atoms. The molecule has 1 amide bonds. The molecule has 8 heteroatoms. The zero-order chi connectivity index (χ0) is 18.6. The highest BCUT2D eigenvalue weighted by Crippen LogP contribution is 2.29. The van der Waals surface area contributed by atoms with Crippen LogP contribution < -0.4 is 10.2 Å². The van der Waals surface area contributed by atoms with Crippen LogP contribution in [0.1, 0.15) is 12.8 Å². The molecule has 1 aliphatic heterocycles. The van der Waals surface area contributed by atoms with Gasteiger partial charge in [-0.15, -0.1) is 0 Å². The summed E-state index contributed by atoms with van der Waals surface area (Å²) in [6, 6.07) is 5.58. The fourth-order valence-electron chi connectivity index (χ4n) is 3.14. The molecule has 3 heterocycles. The van der Waals surface area contributed by atoms with E-state index >= 15 is 0 Å². The molecule has 136 valence electrons. The fraction of sp³-hybridized carbons (Fsp3) is 0.333. The first-order chi connectivity index (χ1) is 12.5. The van der Waals surface area contributed by atoms with Crippen molar-refractivity contribution >= 4 is 28.6 Å². The Morgan fingerprint density at radius 3 is 2.92 bits per heavy atom. The van der Waals surface area contributed by atoms with Crippen molar-refractivity contribution in [1.82, 2.24) is 15.3 Å². The van der Waals surface area contributed by atoms with Crippen molar-refractivity contribution in [3.05, 3.63) is 42.7 Å². The highest BCUT2D eigenvalue weighted by Gasteiger charge is 2.34. The average Bonchev–Trinajstić information content (AvgIpc) is 2.64. The minimum absolute atomic E-state index is 0.0444. The molecule has 3 N–H and O–H groups in total. The number of carboxylic acids is 1. The van der Waals surface area contributed by atoms with Crippen LogP contribution in [0.15, 0.2) is 42.7 Å². The van der Waals surface area contributed by atoms with Gasteiger partial charge in [0.05, 0.1) is 16.8 Å². The Hall–Kier alpha value is -3.00. The van der Waals surface area contributed by atoms with Crippen molar-refractivity contribution in [3.8, 4) is 0 Å². The van der Waals surface area contributed by atoms with Crippen LogP contribution in [0.25, 0.3) is 11.0 Å². The first-order valence-corrected chi connectivity index (χ1v) is 8.33. The Kier molecular flexibility index (Phi) is 5.13. The molecule has 0 aromatic carbocycles. The van der Waals surface area contributed by atoms with Gasteiger partial charge in [-0.1, -0.05) is 0 Å². The van der Waals surface area contributed by atoms with E-state index in [0.29, 0.717) is 13.0 Å². The predicted molar refractivity (Wildman–Crippen MR) is 95.7 cm³/mol. The number of anilines is 1. The number of nitrogens with zero attached hydrogens (tertiary/aromatic N) is 3. The van der Waals surface area contributed by atoms with Gasteiger partial charge < -0.3 is 20.4 Å². The minimum atomic E-state index is -1.19. The van der Waals surface area contributed by atoms with Crippen LogP contribution in [0.4, 0.5) is 5.69 Å². The van der Waals surface area contributed by atoms with Gasteiger partial charge in [0.15, 0.2) is 0 Å². The van der Waals surface area contributed by atoms with Crippen LogP contribution in [-0.4, -0.2) is 57.3 Å². The number of hydrogen-bond acceptors (Lipinski definition) is 6. The summed E-state index contributed by atoms with van der Waals surface area (Å²) in [5.74, 6) is -1.74. The van der Waals surface area contributed by atoms with Crippen molar-refractivity contribution in [2.45, 2.75) is 18.4 Å². The largest absolute Gasteiger partial charge is 0.478 e. The van der Waals surface area contributed by atoms with E-state index in [4.69, 9.17) is 5.11 Å². The number of β-amino-alcohol motifs (C(OH)–C–C–N with tert-alkyl or cyclic N) is 1. The summed E-state index contributed by atoms with van der Waals surface area (Å²) in [6.07, 6.45) is 6.43. The molecule has 0 aliphatic carbocycles. The third-order valence-electron chi connectivity index (χ3n) is 4.34. The molecular formula is C18H20N4O4. The Bertz CT molecular complexity index is 849. The minimum Gasteiger partial charge on any atom is -0.478 e. The number of aromatic nitrogens is 2. The molecule has 0 bridgehead atoms. The summed E-state index contributed by atoms with van der Waals surface area (Å²) < 4.78 is 0. The lowest BCUT2D eigenvalue weighted by molar-refractivity contribution is -0.131. The van der Waals surface area contributed by atoms with Crippen LogP contribution in [0.3, 0.4) is 0 Å². The monoisotopic (exact) mass is 356 g/mol. The molecule has 3 rings (SSSR count). The van der Waals surface area contributed by atoms with Crippen LogP contribution in [0.2, 0.25) is 0 Å². The zero-order valence-corrected chi connectivity index (χ0v) is 14.1. The van der Waals surface area contributed by atoms with E-state index in [0.717, 1.165) is 41.8 Å². The van der Waals surface area contributed by atoms with Crippen molar-refractivity contribution < 1.29 is 19.8 Å². The topological polar surface area (TPSA) is 116 Å². The number of pyridine rings is 2. The Morgan fingerprint density at radius 1 is 1.27 bits per heavy atom. The van der Waals surface area contributed by atoms with Crippen molar-refractivity contribution in [1.29, 1.82) is 0 Å². The highest BCUT2D eigenvalue weighted by molar-refractivity contribution is 5.93. The van der Waals surface area contributed by atoms with Crippen LogP contribution >= 0.6 is 0 Å². The summed E-state index contributed by atoms with van der Waals surface area (Å²) in [5.41, 5.74) is 1.35. The van der Waals surface area contributed by atoms with Crippen LogP contribution in [0.5, 0.6) is 0 Å². The van der Waals surface area contributed by atoms with Crippen molar-refractivity contribution in [2.24, 2.45) is 0 Å². The first-order valence-electron chi connectivity index (χ1n) is 8.33. The lowest BCUT2D eigenvalue weighted by atomic mass is 9.92. The maximum absolute atomic E-state index is 11.7. The molecule has 0 spiro atoms. The molecule has 1 fully saturated rings. The van der Waals surface area contributed by atoms with Gasteiger partial charge >= 0.3 is 5.97 Å². The summed E-state index contributed by atoms with van der Waals surface area (Å²) in [5, 5.41) is 22.0. The van der Waals surface area contributed by atoms with Crippen LogP contribution in [-0.2, 0) is 9.59 Å². The second kappa shape index (κ2) is 7.49. The standard InChI is InChI=1S/C18H20N4O4/c23-15(4-5-16(24)25)21-11-18(26)7-2-10-22(12-18)14-6-9-19-13-3-1-8-20-17(13)14/h1,3-6,8-9,26H,2,7,10-12H2,(H,21,23)(H,24,25). The molecule has 1 unspecified atom stereocenters. The van der Waals surface area contributed by atoms with Gasteiger partial charge in [-0.2, -0.15) is 0 Å². The number of aliphatic hydroxyl groups is 1. The maximum atomic E-state index is 11.7. The number of hydrogen-bond donors (Lipinski definition) is 3. The number of carbonyl (C=O) groups excluding carboxylic acids is 1. The number of carboxylic acid groups (broad SMARTS) is 1. The van der Waals surface area contributed by atoms with Gasteiger partial charge in [0.2, 0.25) is 5.91 Å². The number of aliphatic carboxylic acids is 1. The third kappa shape index (κ3) is 4.15. The van der Waals surface area contributed by atoms with Gasteiger partial charge in [-0.05, 0) is 31.0 Å². The molecule has 2 aromatic heterocycles. The molecule has 0 saturated carbocycles. The Morgan fingerprint density at radius 2 is 2.12 bits per heavy atom. The molecule has 1 aliphatic rings. The van der Waals surface area contributed by atoms with Crippen molar-refractivity contribution in [2.75, 3.05) is 24.5 Å². The van der Waals surface area contributed by atoms with Crippen molar-refractivity contribution in [3.63, 3.8) is 0 Å².